The van der Waals surface area contributed by atoms with Gasteiger partial charge in [0.25, 0.3) is 0 Å². The summed E-state index contributed by atoms with van der Waals surface area (Å²) in [6, 6.07) is 2.31. The lowest BCUT2D eigenvalue weighted by atomic mass is 9.95. The van der Waals surface area contributed by atoms with Crippen LogP contribution in [0, 0.1) is 5.92 Å². The van der Waals surface area contributed by atoms with E-state index >= 15 is 0 Å². The first-order valence-electron chi connectivity index (χ1n) is 10.3. The topological polar surface area (TPSA) is 68.8 Å². The summed E-state index contributed by atoms with van der Waals surface area (Å²) in [6.07, 6.45) is -1.84. The summed E-state index contributed by atoms with van der Waals surface area (Å²) >= 11 is 0. The second-order valence-electron chi connectivity index (χ2n) is 7.71. The SMILES string of the molecule is CCNC(=O)CN1CCN(C(=O)C2CCCN(c3ncccc3C(F)(F)F)C2)CC1. The molecule has 1 N–H and O–H groups in total. The lowest BCUT2D eigenvalue weighted by Crippen LogP contribution is -2.54. The fourth-order valence-corrected chi connectivity index (χ4v) is 4.08. The third-order valence-corrected chi connectivity index (χ3v) is 5.59. The first-order chi connectivity index (χ1) is 14.3. The fraction of sp³-hybridized carbons (Fsp3) is 0.650. The van der Waals surface area contributed by atoms with Crippen LogP contribution >= 0.6 is 0 Å². The average molecular weight is 427 g/mol. The molecule has 1 atom stereocenters. The molecule has 1 unspecified atom stereocenters. The minimum Gasteiger partial charge on any atom is -0.355 e. The van der Waals surface area contributed by atoms with E-state index in [4.69, 9.17) is 0 Å². The molecule has 0 spiro atoms. The van der Waals surface area contributed by atoms with Gasteiger partial charge in [-0.15, -0.1) is 0 Å². The molecule has 2 aliphatic heterocycles. The number of piperidine rings is 1. The van der Waals surface area contributed by atoms with E-state index in [1.54, 1.807) is 9.80 Å². The largest absolute Gasteiger partial charge is 0.419 e. The van der Waals surface area contributed by atoms with E-state index in [1.165, 1.54) is 12.3 Å². The number of rotatable bonds is 5. The van der Waals surface area contributed by atoms with Crippen molar-refractivity contribution in [1.82, 2.24) is 20.1 Å². The minimum atomic E-state index is -4.49. The van der Waals surface area contributed by atoms with E-state index in [9.17, 15) is 22.8 Å². The van der Waals surface area contributed by atoms with Gasteiger partial charge in [0.05, 0.1) is 18.0 Å². The van der Waals surface area contributed by atoms with E-state index in [0.717, 1.165) is 6.07 Å². The van der Waals surface area contributed by atoms with Crippen LogP contribution in [-0.2, 0) is 15.8 Å². The van der Waals surface area contributed by atoms with Crippen molar-refractivity contribution in [3.05, 3.63) is 23.9 Å². The van der Waals surface area contributed by atoms with Gasteiger partial charge in [0.1, 0.15) is 5.82 Å². The number of alkyl halides is 3. The van der Waals surface area contributed by atoms with Gasteiger partial charge in [0, 0.05) is 52.0 Å². The van der Waals surface area contributed by atoms with Crippen molar-refractivity contribution in [2.24, 2.45) is 5.92 Å². The van der Waals surface area contributed by atoms with E-state index in [1.807, 2.05) is 11.8 Å². The van der Waals surface area contributed by atoms with Gasteiger partial charge >= 0.3 is 6.18 Å². The first-order valence-corrected chi connectivity index (χ1v) is 10.3. The number of nitrogens with zero attached hydrogens (tertiary/aromatic N) is 4. The molecule has 2 aliphatic rings. The molecular formula is C20H28F3N5O2. The number of piperazine rings is 1. The van der Waals surface area contributed by atoms with Crippen molar-refractivity contribution in [3.63, 3.8) is 0 Å². The summed E-state index contributed by atoms with van der Waals surface area (Å²) < 4.78 is 40.1. The Morgan fingerprint density at radius 3 is 2.60 bits per heavy atom. The number of pyridine rings is 1. The highest BCUT2D eigenvalue weighted by Gasteiger charge is 2.38. The molecule has 2 saturated heterocycles. The quantitative estimate of drug-likeness (QED) is 0.773. The highest BCUT2D eigenvalue weighted by Crippen LogP contribution is 2.36. The maximum absolute atomic E-state index is 13.4. The predicted octanol–water partition coefficient (Wildman–Crippen LogP) is 1.60. The third kappa shape index (κ3) is 5.41. The van der Waals surface area contributed by atoms with Crippen molar-refractivity contribution in [1.29, 1.82) is 0 Å². The summed E-state index contributed by atoms with van der Waals surface area (Å²) in [5, 5.41) is 2.76. The Morgan fingerprint density at radius 1 is 1.20 bits per heavy atom. The van der Waals surface area contributed by atoms with Crippen molar-refractivity contribution in [2.45, 2.75) is 25.9 Å². The molecule has 3 rings (SSSR count). The van der Waals surface area contributed by atoms with E-state index < -0.39 is 11.7 Å². The highest BCUT2D eigenvalue weighted by atomic mass is 19.4. The molecule has 1 aromatic heterocycles. The van der Waals surface area contributed by atoms with E-state index in [-0.39, 0.29) is 30.1 Å². The minimum absolute atomic E-state index is 0.0261. The summed E-state index contributed by atoms with van der Waals surface area (Å²) in [7, 11) is 0. The van der Waals surface area contributed by atoms with Gasteiger partial charge < -0.3 is 15.1 Å². The Hall–Kier alpha value is -2.36. The van der Waals surface area contributed by atoms with Crippen LogP contribution in [0.5, 0.6) is 0 Å². The van der Waals surface area contributed by atoms with Crippen LogP contribution in [0.2, 0.25) is 0 Å². The monoisotopic (exact) mass is 427 g/mol. The molecule has 2 fully saturated rings. The van der Waals surface area contributed by atoms with Gasteiger partial charge in [-0.3, -0.25) is 14.5 Å². The normalized spacial score (nSPS) is 20.9. The van der Waals surface area contributed by atoms with Crippen LogP contribution in [-0.4, -0.2) is 79.0 Å². The molecule has 0 saturated carbocycles. The van der Waals surface area contributed by atoms with Crippen LogP contribution in [0.15, 0.2) is 18.3 Å². The number of hydrogen-bond donors (Lipinski definition) is 1. The number of likely N-dealkylation sites (N-methyl/N-ethyl adjacent to an activating group) is 1. The zero-order chi connectivity index (χ0) is 21.7. The summed E-state index contributed by atoms with van der Waals surface area (Å²) in [4.78, 5) is 34.0. The summed E-state index contributed by atoms with van der Waals surface area (Å²) in [6.45, 7) is 5.70. The molecule has 10 heteroatoms. The van der Waals surface area contributed by atoms with E-state index in [2.05, 4.69) is 10.3 Å². The molecule has 0 radical (unpaired) electrons. The van der Waals surface area contributed by atoms with Gasteiger partial charge in [-0.1, -0.05) is 0 Å². The Morgan fingerprint density at radius 2 is 1.93 bits per heavy atom. The molecule has 2 amide bonds. The highest BCUT2D eigenvalue weighted by molar-refractivity contribution is 5.80. The Balaban J connectivity index is 1.59. The standard InChI is InChI=1S/C20H28F3N5O2/c1-2-24-17(29)14-26-9-11-27(12-10-26)19(30)15-5-4-8-28(13-15)18-16(20(21,22)23)6-3-7-25-18/h3,6-7,15H,2,4-5,8-14H2,1H3,(H,24,29). The summed E-state index contributed by atoms with van der Waals surface area (Å²) in [5.74, 6) is -0.510. The van der Waals surface area contributed by atoms with Crippen molar-refractivity contribution in [2.75, 3.05) is 57.3 Å². The van der Waals surface area contributed by atoms with Crippen LogP contribution in [0.25, 0.3) is 0 Å². The van der Waals surface area contributed by atoms with Crippen LogP contribution in [0.1, 0.15) is 25.3 Å². The van der Waals surface area contributed by atoms with Crippen molar-refractivity contribution >= 4 is 17.6 Å². The van der Waals surface area contributed by atoms with Crippen LogP contribution in [0.3, 0.4) is 0 Å². The van der Waals surface area contributed by atoms with Gasteiger partial charge in [-0.25, -0.2) is 4.98 Å². The predicted molar refractivity (Wildman–Crippen MR) is 106 cm³/mol. The molecule has 0 bridgehead atoms. The van der Waals surface area contributed by atoms with Crippen molar-refractivity contribution in [3.8, 4) is 0 Å². The van der Waals surface area contributed by atoms with Crippen molar-refractivity contribution < 1.29 is 22.8 Å². The van der Waals surface area contributed by atoms with Gasteiger partial charge in [0.15, 0.2) is 0 Å². The second kappa shape index (κ2) is 9.63. The molecule has 166 valence electrons. The zero-order valence-corrected chi connectivity index (χ0v) is 17.1. The number of halogens is 3. The number of nitrogens with one attached hydrogen (secondary N) is 1. The van der Waals surface area contributed by atoms with E-state index in [0.29, 0.717) is 58.7 Å². The molecule has 1 aromatic rings. The molecule has 3 heterocycles. The number of carbonyl (C=O) groups is 2. The number of anilines is 1. The summed E-state index contributed by atoms with van der Waals surface area (Å²) in [5.41, 5.74) is -0.767. The van der Waals surface area contributed by atoms with Gasteiger partial charge in [-0.05, 0) is 31.9 Å². The number of amides is 2. The first kappa shape index (κ1) is 22.3. The van der Waals surface area contributed by atoms with Gasteiger partial charge in [0.2, 0.25) is 11.8 Å². The molecule has 30 heavy (non-hydrogen) atoms. The molecular weight excluding hydrogens is 399 g/mol. The maximum atomic E-state index is 13.4. The maximum Gasteiger partial charge on any atom is 0.419 e. The Labute approximate surface area is 174 Å². The lowest BCUT2D eigenvalue weighted by Gasteiger charge is -2.39. The number of hydrogen-bond acceptors (Lipinski definition) is 5. The fourth-order valence-electron chi connectivity index (χ4n) is 4.08. The molecule has 7 nitrogen and oxygen atoms in total. The molecule has 0 aromatic carbocycles. The number of carbonyl (C=O) groups excluding carboxylic acids is 2. The van der Waals surface area contributed by atoms with Crippen LogP contribution < -0.4 is 10.2 Å². The Bertz CT molecular complexity index is 750. The average Bonchev–Trinajstić information content (AvgIpc) is 2.73. The molecule has 0 aliphatic carbocycles. The number of aromatic nitrogens is 1. The third-order valence-electron chi connectivity index (χ3n) is 5.59. The lowest BCUT2D eigenvalue weighted by molar-refractivity contribution is -0.137. The van der Waals surface area contributed by atoms with Gasteiger partial charge in [-0.2, -0.15) is 13.2 Å². The van der Waals surface area contributed by atoms with Crippen LogP contribution in [0.4, 0.5) is 19.0 Å². The Kier molecular flexibility index (Phi) is 7.17. The smallest absolute Gasteiger partial charge is 0.355 e. The second-order valence-corrected chi connectivity index (χ2v) is 7.71. The zero-order valence-electron chi connectivity index (χ0n) is 17.1.